The number of fused-ring (bicyclic) bond motifs is 1. The van der Waals surface area contributed by atoms with Gasteiger partial charge in [0.2, 0.25) is 0 Å². The zero-order chi connectivity index (χ0) is 9.42. The monoisotopic (exact) mass is 194 g/mol. The van der Waals surface area contributed by atoms with E-state index >= 15 is 0 Å². The summed E-state index contributed by atoms with van der Waals surface area (Å²) in [5, 5.41) is 5.52. The van der Waals surface area contributed by atoms with Crippen molar-refractivity contribution < 1.29 is 0 Å². The minimum absolute atomic E-state index is 0.619. The van der Waals surface area contributed by atoms with Gasteiger partial charge in [0, 0.05) is 23.7 Å². The second kappa shape index (κ2) is 3.24. The van der Waals surface area contributed by atoms with E-state index in [0.717, 1.165) is 11.3 Å². The average molecular weight is 194 g/mol. The molecule has 0 bridgehead atoms. The lowest BCUT2D eigenvalue weighted by Crippen LogP contribution is -2.23. The van der Waals surface area contributed by atoms with Crippen molar-refractivity contribution in [1.82, 2.24) is 0 Å². The summed E-state index contributed by atoms with van der Waals surface area (Å²) >= 11 is 1.31. The highest BCUT2D eigenvalue weighted by Gasteiger charge is 2.22. The Morgan fingerprint density at radius 1 is 1.54 bits per heavy atom. The van der Waals surface area contributed by atoms with Gasteiger partial charge in [-0.25, -0.2) is 0 Å². The summed E-state index contributed by atoms with van der Waals surface area (Å²) in [6.45, 7) is 2.25. The fourth-order valence-electron chi connectivity index (χ4n) is 1.81. The van der Waals surface area contributed by atoms with Crippen molar-refractivity contribution in [2.45, 2.75) is 24.3 Å². The summed E-state index contributed by atoms with van der Waals surface area (Å²) in [5.74, 6) is 0. The van der Waals surface area contributed by atoms with Crippen molar-refractivity contribution in [2.75, 3.05) is 11.9 Å². The fraction of sp³-hybridized carbons (Fsp3) is 0.400. The number of nitrogens with zero attached hydrogens (tertiary/aromatic N) is 1. The smallest absolute Gasteiger partial charge is 0.0411 e. The standard InChI is InChI=1S/C10H14N2S/c1-7-5-8-3-4-9(13-11)6-10(8)12(7)2/h3-4,6-7H,5,11H2,1-2H3/t7-/m0/s1. The maximum Gasteiger partial charge on any atom is 0.0411 e. The number of likely N-dealkylation sites (N-methyl/N-ethyl adjacent to an activating group) is 1. The van der Waals surface area contributed by atoms with E-state index in [1.54, 1.807) is 0 Å². The molecule has 1 aliphatic heterocycles. The molecule has 2 N–H and O–H groups in total. The second-order valence-corrected chi connectivity index (χ2v) is 4.28. The highest BCUT2D eigenvalue weighted by atomic mass is 32.2. The Balaban J connectivity index is 2.42. The van der Waals surface area contributed by atoms with E-state index < -0.39 is 0 Å². The van der Waals surface area contributed by atoms with Gasteiger partial charge >= 0.3 is 0 Å². The molecular weight excluding hydrogens is 180 g/mol. The molecule has 0 radical (unpaired) electrons. The van der Waals surface area contributed by atoms with Crippen LogP contribution in [0.2, 0.25) is 0 Å². The lowest BCUT2D eigenvalue weighted by molar-refractivity contribution is 0.732. The van der Waals surface area contributed by atoms with Crippen molar-refractivity contribution in [1.29, 1.82) is 0 Å². The molecule has 0 amide bonds. The van der Waals surface area contributed by atoms with Crippen LogP contribution in [0.25, 0.3) is 0 Å². The van der Waals surface area contributed by atoms with E-state index in [2.05, 4.69) is 37.1 Å². The van der Waals surface area contributed by atoms with E-state index in [4.69, 9.17) is 5.14 Å². The number of nitrogens with two attached hydrogens (primary N) is 1. The third-order valence-corrected chi connectivity index (χ3v) is 3.28. The Hall–Kier alpha value is -0.670. The molecule has 0 spiro atoms. The third-order valence-electron chi connectivity index (χ3n) is 2.75. The Morgan fingerprint density at radius 2 is 2.31 bits per heavy atom. The van der Waals surface area contributed by atoms with E-state index in [1.165, 1.54) is 23.2 Å². The summed E-state index contributed by atoms with van der Waals surface area (Å²) < 4.78 is 0. The van der Waals surface area contributed by atoms with Crippen LogP contribution in [0.1, 0.15) is 12.5 Å². The average Bonchev–Trinajstić information content (AvgIpc) is 2.43. The molecule has 0 saturated heterocycles. The lowest BCUT2D eigenvalue weighted by atomic mass is 10.1. The van der Waals surface area contributed by atoms with Gasteiger partial charge in [-0.1, -0.05) is 6.07 Å². The van der Waals surface area contributed by atoms with Gasteiger partial charge in [0.25, 0.3) is 0 Å². The normalized spacial score (nSPS) is 20.5. The maximum atomic E-state index is 5.52. The molecule has 3 heteroatoms. The SMILES string of the molecule is C[C@H]1Cc2ccc(SN)cc2N1C. The highest BCUT2D eigenvalue weighted by Crippen LogP contribution is 2.33. The van der Waals surface area contributed by atoms with Crippen LogP contribution in [0.4, 0.5) is 5.69 Å². The molecule has 1 atom stereocenters. The molecule has 13 heavy (non-hydrogen) atoms. The van der Waals surface area contributed by atoms with Crippen LogP contribution in [0.5, 0.6) is 0 Å². The Kier molecular flexibility index (Phi) is 2.22. The van der Waals surface area contributed by atoms with Crippen LogP contribution in [-0.2, 0) is 6.42 Å². The van der Waals surface area contributed by atoms with Crippen molar-refractivity contribution in [3.05, 3.63) is 23.8 Å². The minimum Gasteiger partial charge on any atom is -0.371 e. The van der Waals surface area contributed by atoms with Gasteiger partial charge in [-0.2, -0.15) is 0 Å². The minimum atomic E-state index is 0.619. The predicted molar refractivity (Wildman–Crippen MR) is 58.1 cm³/mol. The summed E-state index contributed by atoms with van der Waals surface area (Å²) in [6, 6.07) is 7.07. The van der Waals surface area contributed by atoms with Crippen LogP contribution in [0.3, 0.4) is 0 Å². The topological polar surface area (TPSA) is 29.3 Å². The number of hydrogen-bond donors (Lipinski definition) is 1. The van der Waals surface area contributed by atoms with Gasteiger partial charge in [-0.05, 0) is 43.0 Å². The predicted octanol–water partition coefficient (Wildman–Crippen LogP) is 2.03. The highest BCUT2D eigenvalue weighted by molar-refractivity contribution is 7.97. The molecule has 1 aliphatic rings. The van der Waals surface area contributed by atoms with Gasteiger partial charge in [-0.15, -0.1) is 0 Å². The molecule has 2 rings (SSSR count). The number of hydrogen-bond acceptors (Lipinski definition) is 3. The summed E-state index contributed by atoms with van der Waals surface area (Å²) in [7, 11) is 2.14. The maximum absolute atomic E-state index is 5.52. The molecule has 70 valence electrons. The van der Waals surface area contributed by atoms with Crippen molar-refractivity contribution in [2.24, 2.45) is 5.14 Å². The quantitative estimate of drug-likeness (QED) is 0.694. The molecular formula is C10H14N2S. The summed E-state index contributed by atoms with van der Waals surface area (Å²) in [6.07, 6.45) is 1.15. The van der Waals surface area contributed by atoms with Crippen molar-refractivity contribution in [3.63, 3.8) is 0 Å². The molecule has 0 unspecified atom stereocenters. The second-order valence-electron chi connectivity index (χ2n) is 3.57. The van der Waals surface area contributed by atoms with Crippen LogP contribution in [-0.4, -0.2) is 13.1 Å². The molecule has 0 aliphatic carbocycles. The van der Waals surface area contributed by atoms with Gasteiger partial charge in [0.05, 0.1) is 0 Å². The van der Waals surface area contributed by atoms with Gasteiger partial charge in [0.1, 0.15) is 0 Å². The first kappa shape index (κ1) is 8.91. The van der Waals surface area contributed by atoms with E-state index in [9.17, 15) is 0 Å². The Bertz CT molecular complexity index is 325. The van der Waals surface area contributed by atoms with Crippen molar-refractivity contribution >= 4 is 17.6 Å². The third kappa shape index (κ3) is 1.42. The van der Waals surface area contributed by atoms with Gasteiger partial charge < -0.3 is 4.90 Å². The van der Waals surface area contributed by atoms with Crippen LogP contribution in [0, 0.1) is 0 Å². The summed E-state index contributed by atoms with van der Waals surface area (Å²) in [5.41, 5.74) is 2.77. The molecule has 0 aromatic heterocycles. The molecule has 1 heterocycles. The number of rotatable bonds is 1. The first-order valence-electron chi connectivity index (χ1n) is 4.45. The molecule has 0 saturated carbocycles. The van der Waals surface area contributed by atoms with Crippen molar-refractivity contribution in [3.8, 4) is 0 Å². The lowest BCUT2D eigenvalue weighted by Gasteiger charge is -2.18. The summed E-state index contributed by atoms with van der Waals surface area (Å²) in [4.78, 5) is 3.45. The van der Waals surface area contributed by atoms with Gasteiger partial charge in [0.15, 0.2) is 0 Å². The van der Waals surface area contributed by atoms with Crippen LogP contribution >= 0.6 is 11.9 Å². The fourth-order valence-corrected chi connectivity index (χ4v) is 2.14. The number of benzene rings is 1. The van der Waals surface area contributed by atoms with Crippen LogP contribution in [0.15, 0.2) is 23.1 Å². The zero-order valence-electron chi connectivity index (χ0n) is 7.95. The van der Waals surface area contributed by atoms with E-state index in [1.807, 2.05) is 0 Å². The van der Waals surface area contributed by atoms with Gasteiger partial charge in [-0.3, -0.25) is 5.14 Å². The zero-order valence-corrected chi connectivity index (χ0v) is 8.77. The number of anilines is 1. The van der Waals surface area contributed by atoms with E-state index in [-0.39, 0.29) is 0 Å². The Labute approximate surface area is 83.2 Å². The Morgan fingerprint density at radius 3 is 3.00 bits per heavy atom. The molecule has 1 aromatic carbocycles. The first-order chi connectivity index (χ1) is 6.22. The molecule has 2 nitrogen and oxygen atoms in total. The molecule has 1 aromatic rings. The first-order valence-corrected chi connectivity index (χ1v) is 5.33. The molecule has 0 fully saturated rings. The van der Waals surface area contributed by atoms with E-state index in [0.29, 0.717) is 6.04 Å². The van der Waals surface area contributed by atoms with Crippen LogP contribution < -0.4 is 10.0 Å². The largest absolute Gasteiger partial charge is 0.371 e.